The van der Waals surface area contributed by atoms with Gasteiger partial charge in [0.2, 0.25) is 5.91 Å². The molecule has 1 fully saturated rings. The highest BCUT2D eigenvalue weighted by atomic mass is 16.5. The van der Waals surface area contributed by atoms with Crippen LogP contribution in [0.4, 0.5) is 5.82 Å². The van der Waals surface area contributed by atoms with E-state index in [1.54, 1.807) is 38.6 Å². The molecule has 1 aromatic carbocycles. The third-order valence-corrected chi connectivity index (χ3v) is 5.75. The fourth-order valence-electron chi connectivity index (χ4n) is 4.11. The molecule has 1 aliphatic heterocycles. The Morgan fingerprint density at radius 1 is 1.21 bits per heavy atom. The van der Waals surface area contributed by atoms with Crippen LogP contribution in [0.5, 0.6) is 11.5 Å². The van der Waals surface area contributed by atoms with Crippen molar-refractivity contribution in [1.82, 2.24) is 19.4 Å². The first-order valence-corrected chi connectivity index (χ1v) is 10.4. The van der Waals surface area contributed by atoms with E-state index in [4.69, 9.17) is 15.2 Å². The first kappa shape index (κ1) is 22.7. The summed E-state index contributed by atoms with van der Waals surface area (Å²) >= 11 is 0. The van der Waals surface area contributed by atoms with Gasteiger partial charge in [-0.05, 0) is 18.2 Å². The highest BCUT2D eigenvalue weighted by molar-refractivity contribution is 5.93. The fraction of sp³-hybridized carbons (Fsp3) is 0.250. The number of carbonyl (C=O) groups excluding carboxylic acids is 1. The number of nitrogens with zero attached hydrogens (tertiary/aromatic N) is 4. The number of hydrogen-bond donors (Lipinski definition) is 2. The number of carboxylic acid groups (broad SMARTS) is 1. The second-order valence-corrected chi connectivity index (χ2v) is 7.70. The van der Waals surface area contributed by atoms with Gasteiger partial charge in [0.05, 0.1) is 31.2 Å². The fourth-order valence-corrected chi connectivity index (χ4v) is 4.11. The maximum atomic E-state index is 12.2. The lowest BCUT2D eigenvalue weighted by Crippen LogP contribution is -2.39. The van der Waals surface area contributed by atoms with E-state index in [1.807, 2.05) is 4.57 Å². The summed E-state index contributed by atoms with van der Waals surface area (Å²) in [6.45, 7) is 3.67. The van der Waals surface area contributed by atoms with E-state index >= 15 is 0 Å². The first-order chi connectivity index (χ1) is 16.4. The van der Waals surface area contributed by atoms with Crippen LogP contribution in [0, 0.1) is 11.8 Å². The minimum absolute atomic E-state index is 0.190. The number of methoxy groups -OCH3 is 2. The number of nitrogens with two attached hydrogens (primary N) is 1. The van der Waals surface area contributed by atoms with Crippen molar-refractivity contribution in [3.8, 4) is 23.3 Å². The number of carbonyl (C=O) groups is 2. The number of likely N-dealkylation sites (tertiary alicyclic amines) is 1. The van der Waals surface area contributed by atoms with E-state index < -0.39 is 17.9 Å². The number of anilines is 1. The van der Waals surface area contributed by atoms with E-state index in [-0.39, 0.29) is 24.8 Å². The molecule has 0 spiro atoms. The predicted molar refractivity (Wildman–Crippen MR) is 124 cm³/mol. The standard InChI is InChI=1S/C24H23N5O5/c1-4-20(30)29-12-16(9-19(29)24(31)32)28-11-15(21-22(25)26-13-27-23(21)28)6-5-14-7-17(33-2)10-18(8-14)34-3/h4,7-8,10-11,13,16,19H,1,9,12H2,2-3H3,(H,31,32)(H2,25,26,27)/t16-,19-/m0/s1. The quantitative estimate of drug-likeness (QED) is 0.434. The maximum absolute atomic E-state index is 12.2. The zero-order chi connectivity index (χ0) is 24.4. The first-order valence-electron chi connectivity index (χ1n) is 10.4. The molecule has 2 aromatic heterocycles. The second kappa shape index (κ2) is 9.15. The monoisotopic (exact) mass is 461 g/mol. The Labute approximate surface area is 195 Å². The van der Waals surface area contributed by atoms with Crippen LogP contribution in [0.1, 0.15) is 23.6 Å². The van der Waals surface area contributed by atoms with Crippen molar-refractivity contribution >= 4 is 28.7 Å². The smallest absolute Gasteiger partial charge is 0.326 e. The highest BCUT2D eigenvalue weighted by Gasteiger charge is 2.40. The van der Waals surface area contributed by atoms with Gasteiger partial charge in [0.15, 0.2) is 0 Å². The van der Waals surface area contributed by atoms with Gasteiger partial charge >= 0.3 is 5.97 Å². The van der Waals surface area contributed by atoms with Gasteiger partial charge in [-0.15, -0.1) is 0 Å². The molecule has 174 valence electrons. The number of fused-ring (bicyclic) bond motifs is 1. The van der Waals surface area contributed by atoms with Crippen molar-refractivity contribution in [2.45, 2.75) is 18.5 Å². The van der Waals surface area contributed by atoms with Crippen LogP contribution < -0.4 is 15.2 Å². The topological polar surface area (TPSA) is 133 Å². The third kappa shape index (κ3) is 4.11. The van der Waals surface area contributed by atoms with Crippen LogP contribution in [0.25, 0.3) is 11.0 Å². The van der Waals surface area contributed by atoms with Crippen LogP contribution >= 0.6 is 0 Å². The Morgan fingerprint density at radius 2 is 1.91 bits per heavy atom. The normalized spacial score (nSPS) is 17.2. The molecule has 0 aliphatic carbocycles. The second-order valence-electron chi connectivity index (χ2n) is 7.70. The molecule has 34 heavy (non-hydrogen) atoms. The molecule has 0 radical (unpaired) electrons. The molecule has 0 saturated carbocycles. The number of amides is 1. The van der Waals surface area contributed by atoms with E-state index in [9.17, 15) is 14.7 Å². The van der Waals surface area contributed by atoms with Crippen molar-refractivity contribution < 1.29 is 24.2 Å². The Kier molecular flexibility index (Phi) is 6.10. The Balaban J connectivity index is 1.78. The number of hydrogen-bond acceptors (Lipinski definition) is 7. The van der Waals surface area contributed by atoms with E-state index in [1.165, 1.54) is 11.2 Å². The SMILES string of the molecule is C=CC(=O)N1C[C@@H](n2cc(C#Cc3cc(OC)cc(OC)c3)c3c(N)ncnc32)C[C@H]1C(=O)O. The van der Waals surface area contributed by atoms with Crippen molar-refractivity contribution in [3.05, 3.63) is 54.5 Å². The summed E-state index contributed by atoms with van der Waals surface area (Å²) in [5.41, 5.74) is 7.92. The number of nitrogen functional groups attached to an aromatic ring is 1. The summed E-state index contributed by atoms with van der Waals surface area (Å²) in [7, 11) is 3.12. The third-order valence-electron chi connectivity index (χ3n) is 5.75. The number of ether oxygens (including phenoxy) is 2. The Bertz CT molecular complexity index is 1330. The molecular weight excluding hydrogens is 438 g/mol. The van der Waals surface area contributed by atoms with Gasteiger partial charge in [0.25, 0.3) is 0 Å². The van der Waals surface area contributed by atoms with Gasteiger partial charge in [-0.25, -0.2) is 14.8 Å². The summed E-state index contributed by atoms with van der Waals surface area (Å²) in [6, 6.07) is 4.00. The molecular formula is C24H23N5O5. The zero-order valence-corrected chi connectivity index (χ0v) is 18.7. The molecule has 10 nitrogen and oxygen atoms in total. The molecule has 4 rings (SSSR count). The maximum Gasteiger partial charge on any atom is 0.326 e. The molecule has 2 atom stereocenters. The summed E-state index contributed by atoms with van der Waals surface area (Å²) < 4.78 is 12.4. The van der Waals surface area contributed by atoms with Gasteiger partial charge in [-0.2, -0.15) is 0 Å². The van der Waals surface area contributed by atoms with Crippen LogP contribution in [0.15, 0.2) is 43.4 Å². The predicted octanol–water partition coefficient (Wildman–Crippen LogP) is 1.84. The molecule has 0 bridgehead atoms. The van der Waals surface area contributed by atoms with Crippen molar-refractivity contribution in [2.75, 3.05) is 26.5 Å². The lowest BCUT2D eigenvalue weighted by Gasteiger charge is -2.19. The molecule has 1 saturated heterocycles. The van der Waals surface area contributed by atoms with Crippen LogP contribution in [-0.2, 0) is 9.59 Å². The average molecular weight is 461 g/mol. The van der Waals surface area contributed by atoms with Crippen molar-refractivity contribution in [1.29, 1.82) is 0 Å². The van der Waals surface area contributed by atoms with Crippen LogP contribution in [0.3, 0.4) is 0 Å². The molecule has 0 unspecified atom stereocenters. The van der Waals surface area contributed by atoms with Gasteiger partial charge in [-0.1, -0.05) is 18.4 Å². The lowest BCUT2D eigenvalue weighted by molar-refractivity contribution is -0.146. The van der Waals surface area contributed by atoms with Crippen LogP contribution in [-0.4, -0.2) is 63.2 Å². The molecule has 1 aliphatic rings. The molecule has 3 N–H and O–H groups in total. The molecule has 3 aromatic rings. The summed E-state index contributed by atoms with van der Waals surface area (Å²) in [5, 5.41) is 10.2. The van der Waals surface area contributed by atoms with Gasteiger partial charge < -0.3 is 29.8 Å². The Hall–Kier alpha value is -4.52. The Morgan fingerprint density at radius 3 is 2.53 bits per heavy atom. The summed E-state index contributed by atoms with van der Waals surface area (Å²) in [5.74, 6) is 6.15. The van der Waals surface area contributed by atoms with Gasteiger partial charge in [0, 0.05) is 30.8 Å². The van der Waals surface area contributed by atoms with Crippen molar-refractivity contribution in [2.24, 2.45) is 0 Å². The number of aromatic nitrogens is 3. The van der Waals surface area contributed by atoms with Crippen LogP contribution in [0.2, 0.25) is 0 Å². The lowest BCUT2D eigenvalue weighted by atomic mass is 10.1. The number of carboxylic acids is 1. The largest absolute Gasteiger partial charge is 0.497 e. The molecule has 10 heteroatoms. The number of rotatable bonds is 5. The van der Waals surface area contributed by atoms with Gasteiger partial charge in [0.1, 0.15) is 35.3 Å². The molecule has 1 amide bonds. The van der Waals surface area contributed by atoms with Gasteiger partial charge in [-0.3, -0.25) is 4.79 Å². The molecule has 3 heterocycles. The highest BCUT2D eigenvalue weighted by Crippen LogP contribution is 2.33. The summed E-state index contributed by atoms with van der Waals surface area (Å²) in [6.07, 6.45) is 4.44. The van der Waals surface area contributed by atoms with E-state index in [0.717, 1.165) is 6.08 Å². The minimum Gasteiger partial charge on any atom is -0.497 e. The van der Waals surface area contributed by atoms with E-state index in [2.05, 4.69) is 28.4 Å². The summed E-state index contributed by atoms with van der Waals surface area (Å²) in [4.78, 5) is 33.8. The number of benzene rings is 1. The van der Waals surface area contributed by atoms with Crippen molar-refractivity contribution in [3.63, 3.8) is 0 Å². The van der Waals surface area contributed by atoms with E-state index in [0.29, 0.717) is 33.7 Å². The zero-order valence-electron chi connectivity index (χ0n) is 18.7. The average Bonchev–Trinajstić information content (AvgIpc) is 3.45. The minimum atomic E-state index is -1.07. The number of aliphatic carboxylic acids is 1.